The van der Waals surface area contributed by atoms with Gasteiger partial charge in [0.25, 0.3) is 0 Å². The molecular weight excluding hydrogens is 536 g/mol. The minimum absolute atomic E-state index is 0.0604. The van der Waals surface area contributed by atoms with E-state index in [-0.39, 0.29) is 17.9 Å². The third-order valence-electron chi connectivity index (χ3n) is 7.32. The Labute approximate surface area is 241 Å². The highest BCUT2D eigenvalue weighted by Crippen LogP contribution is 2.42. The van der Waals surface area contributed by atoms with Gasteiger partial charge in [-0.25, -0.2) is 4.98 Å². The van der Waals surface area contributed by atoms with Crippen molar-refractivity contribution in [2.24, 2.45) is 0 Å². The summed E-state index contributed by atoms with van der Waals surface area (Å²) in [6, 6.07) is 24.8. The highest BCUT2D eigenvalue weighted by molar-refractivity contribution is 6.30. The van der Waals surface area contributed by atoms with Crippen molar-refractivity contribution < 1.29 is 4.79 Å². The summed E-state index contributed by atoms with van der Waals surface area (Å²) < 4.78 is 1.53. The Bertz CT molecular complexity index is 1720. The Morgan fingerprint density at radius 2 is 1.93 bits per heavy atom. The first kappa shape index (κ1) is 26.2. The molecule has 0 aliphatic carbocycles. The predicted molar refractivity (Wildman–Crippen MR) is 155 cm³/mol. The molecule has 2 unspecified atom stereocenters. The summed E-state index contributed by atoms with van der Waals surface area (Å²) >= 11 is 6.28. The number of nitriles is 1. The molecule has 1 aliphatic rings. The third kappa shape index (κ3) is 5.51. The summed E-state index contributed by atoms with van der Waals surface area (Å²) in [5, 5.41) is 21.1. The maximum absolute atomic E-state index is 13.8. The number of carbonyl (C=O) groups is 1. The van der Waals surface area contributed by atoms with Gasteiger partial charge in [0.1, 0.15) is 12.2 Å². The maximum Gasteiger partial charge on any atom is 0.247 e. The Morgan fingerprint density at radius 3 is 2.68 bits per heavy atom. The first-order valence-corrected chi connectivity index (χ1v) is 13.6. The lowest BCUT2D eigenvalue weighted by Gasteiger charge is -2.40. The predicted octanol–water partition coefficient (Wildman–Crippen LogP) is 5.74. The molecule has 0 spiro atoms. The van der Waals surface area contributed by atoms with E-state index in [2.05, 4.69) is 38.7 Å². The molecule has 1 aliphatic heterocycles. The van der Waals surface area contributed by atoms with E-state index in [9.17, 15) is 4.79 Å². The summed E-state index contributed by atoms with van der Waals surface area (Å²) in [6.45, 7) is 0.597. The van der Waals surface area contributed by atoms with Crippen LogP contribution < -0.4 is 0 Å². The lowest BCUT2D eigenvalue weighted by Crippen LogP contribution is -2.41. The number of H-pyrrole nitrogens is 1. The smallest absolute Gasteiger partial charge is 0.247 e. The number of aromatic nitrogens is 6. The molecule has 3 heterocycles. The van der Waals surface area contributed by atoms with Crippen LogP contribution in [-0.4, -0.2) is 47.5 Å². The van der Waals surface area contributed by atoms with E-state index >= 15 is 0 Å². The van der Waals surface area contributed by atoms with Crippen molar-refractivity contribution in [3.8, 4) is 23.0 Å². The average Bonchev–Trinajstić information content (AvgIpc) is 3.73. The fourth-order valence-corrected chi connectivity index (χ4v) is 5.56. The maximum atomic E-state index is 13.8. The van der Waals surface area contributed by atoms with E-state index in [1.165, 1.54) is 11.0 Å². The quantitative estimate of drug-likeness (QED) is 0.265. The zero-order valence-corrected chi connectivity index (χ0v) is 22.7. The molecule has 1 fully saturated rings. The number of hydrogen-bond donors (Lipinski definition) is 1. The van der Waals surface area contributed by atoms with Gasteiger partial charge in [0, 0.05) is 40.9 Å². The van der Waals surface area contributed by atoms with Crippen LogP contribution in [0.5, 0.6) is 0 Å². The van der Waals surface area contributed by atoms with Crippen LogP contribution in [0.3, 0.4) is 0 Å². The normalized spacial score (nSPS) is 17.0. The van der Waals surface area contributed by atoms with Crippen LogP contribution in [0.1, 0.15) is 47.3 Å². The van der Waals surface area contributed by atoms with E-state index in [0.717, 1.165) is 35.5 Å². The van der Waals surface area contributed by atoms with Gasteiger partial charge in [-0.05, 0) is 65.2 Å². The van der Waals surface area contributed by atoms with Gasteiger partial charge in [0.05, 0.1) is 29.1 Å². The number of imidazole rings is 1. The highest BCUT2D eigenvalue weighted by Gasteiger charge is 2.37. The van der Waals surface area contributed by atoms with Gasteiger partial charge in [-0.15, -0.1) is 5.10 Å². The van der Waals surface area contributed by atoms with Gasteiger partial charge in [0.15, 0.2) is 0 Å². The van der Waals surface area contributed by atoms with Crippen LogP contribution in [-0.2, 0) is 4.79 Å². The Kier molecular flexibility index (Phi) is 7.39. The SMILES string of the molecule is N#Cc1ccc(-c2c[nH]c(C3C(c4ccccc4)CCCN3C(=O)/C=C/c3cc(Cl)ccc3-n3cnnn3)n2)cc1. The molecule has 41 heavy (non-hydrogen) atoms. The minimum Gasteiger partial charge on any atom is -0.346 e. The molecule has 10 heteroatoms. The lowest BCUT2D eigenvalue weighted by atomic mass is 9.83. The average molecular weight is 561 g/mol. The molecule has 0 radical (unpaired) electrons. The number of nitrogens with one attached hydrogen (secondary N) is 1. The third-order valence-corrected chi connectivity index (χ3v) is 7.56. The molecular formula is C31H25ClN8O. The number of aromatic amines is 1. The molecule has 5 aromatic rings. The number of benzene rings is 3. The van der Waals surface area contributed by atoms with E-state index in [1.807, 2.05) is 47.5 Å². The molecule has 9 nitrogen and oxygen atoms in total. The number of likely N-dealkylation sites (tertiary alicyclic amines) is 1. The summed E-state index contributed by atoms with van der Waals surface area (Å²) in [5.41, 5.74) is 4.83. The van der Waals surface area contributed by atoms with Crippen molar-refractivity contribution in [3.63, 3.8) is 0 Å². The zero-order valence-electron chi connectivity index (χ0n) is 21.9. The first-order valence-electron chi connectivity index (χ1n) is 13.2. The van der Waals surface area contributed by atoms with E-state index in [4.69, 9.17) is 21.8 Å². The van der Waals surface area contributed by atoms with Gasteiger partial charge in [-0.3, -0.25) is 4.79 Å². The van der Waals surface area contributed by atoms with E-state index < -0.39 is 0 Å². The molecule has 1 saturated heterocycles. The zero-order chi connectivity index (χ0) is 28.2. The largest absolute Gasteiger partial charge is 0.346 e. The van der Waals surface area contributed by atoms with Crippen LogP contribution in [0.4, 0.5) is 0 Å². The Morgan fingerprint density at radius 1 is 1.10 bits per heavy atom. The summed E-state index contributed by atoms with van der Waals surface area (Å²) in [5.74, 6) is 0.650. The first-order chi connectivity index (χ1) is 20.1. The minimum atomic E-state index is -0.297. The van der Waals surface area contributed by atoms with Crippen molar-refractivity contribution in [3.05, 3.63) is 119 Å². The van der Waals surface area contributed by atoms with Crippen LogP contribution in [0.2, 0.25) is 5.02 Å². The molecule has 3 aromatic carbocycles. The van der Waals surface area contributed by atoms with Crippen LogP contribution >= 0.6 is 11.6 Å². The summed E-state index contributed by atoms with van der Waals surface area (Å²) in [7, 11) is 0. The monoisotopic (exact) mass is 560 g/mol. The van der Waals surface area contributed by atoms with Gasteiger partial charge >= 0.3 is 0 Å². The molecule has 2 aromatic heterocycles. The lowest BCUT2D eigenvalue weighted by molar-refractivity contribution is -0.130. The van der Waals surface area contributed by atoms with Crippen molar-refractivity contribution >= 4 is 23.6 Å². The molecule has 2 atom stereocenters. The summed E-state index contributed by atoms with van der Waals surface area (Å²) in [6.07, 6.45) is 8.47. The second-order valence-corrected chi connectivity index (χ2v) is 10.2. The fraction of sp³-hybridized carbons (Fsp3) is 0.161. The fourth-order valence-electron chi connectivity index (χ4n) is 5.38. The second kappa shape index (κ2) is 11.6. The number of piperidine rings is 1. The van der Waals surface area contributed by atoms with E-state index in [1.54, 1.807) is 36.4 Å². The number of rotatable bonds is 6. The van der Waals surface area contributed by atoms with Crippen LogP contribution in [0, 0.1) is 11.3 Å². The molecule has 0 saturated carbocycles. The number of amides is 1. The number of halogens is 1. The van der Waals surface area contributed by atoms with Crippen molar-refractivity contribution in [1.82, 2.24) is 35.1 Å². The summed E-state index contributed by atoms with van der Waals surface area (Å²) in [4.78, 5) is 24.0. The van der Waals surface area contributed by atoms with Crippen molar-refractivity contribution in [1.29, 1.82) is 5.26 Å². The molecule has 1 N–H and O–H groups in total. The molecule has 0 bridgehead atoms. The van der Waals surface area contributed by atoms with Gasteiger partial charge in [-0.2, -0.15) is 9.94 Å². The Hall–Kier alpha value is -5.07. The molecule has 1 amide bonds. The van der Waals surface area contributed by atoms with Gasteiger partial charge in [-0.1, -0.05) is 54.1 Å². The number of carbonyl (C=O) groups excluding carboxylic acids is 1. The Balaban J connectivity index is 1.35. The van der Waals surface area contributed by atoms with E-state index in [0.29, 0.717) is 28.4 Å². The van der Waals surface area contributed by atoms with Gasteiger partial charge in [0.2, 0.25) is 5.91 Å². The number of hydrogen-bond acceptors (Lipinski definition) is 6. The van der Waals surface area contributed by atoms with Crippen molar-refractivity contribution in [2.45, 2.75) is 24.8 Å². The highest BCUT2D eigenvalue weighted by atomic mass is 35.5. The van der Waals surface area contributed by atoms with Crippen LogP contribution in [0.15, 0.2) is 91.4 Å². The molecule has 6 rings (SSSR count). The van der Waals surface area contributed by atoms with Gasteiger partial charge < -0.3 is 9.88 Å². The second-order valence-electron chi connectivity index (χ2n) is 9.79. The van der Waals surface area contributed by atoms with Crippen LogP contribution in [0.25, 0.3) is 23.0 Å². The van der Waals surface area contributed by atoms with Crippen molar-refractivity contribution in [2.75, 3.05) is 6.54 Å². The molecule has 202 valence electrons. The topological polar surface area (TPSA) is 116 Å². The number of nitrogens with zero attached hydrogens (tertiary/aromatic N) is 7. The standard InChI is InChI=1S/C31H25ClN8O/c32-25-13-14-28(40-20-35-37-38-40)24(17-25)12-15-29(41)39-16-4-7-26(22-5-2-1-3-6-22)30(39)31-34-19-27(36-31)23-10-8-21(18-33)9-11-23/h1-3,5-6,8-15,17,19-20,26,30H,4,7,16H2,(H,34,36)/b15-12+. The number of tetrazole rings is 1.